The number of hydrogen-bond acceptors (Lipinski definition) is 3. The van der Waals surface area contributed by atoms with Crippen LogP contribution in [0.25, 0.3) is 0 Å². The van der Waals surface area contributed by atoms with Crippen LogP contribution in [0.5, 0.6) is 0 Å². The van der Waals surface area contributed by atoms with Crippen molar-refractivity contribution in [1.29, 1.82) is 0 Å². The van der Waals surface area contributed by atoms with Crippen molar-refractivity contribution in [1.82, 2.24) is 0 Å². The highest BCUT2D eigenvalue weighted by molar-refractivity contribution is 6.36. The molecular formula is C13H13Cl2NO3. The minimum atomic E-state index is -0.434. The first kappa shape index (κ1) is 14.2. The number of hydrogen-bond donors (Lipinski definition) is 0. The van der Waals surface area contributed by atoms with Gasteiger partial charge in [0.25, 0.3) is 0 Å². The van der Waals surface area contributed by atoms with Gasteiger partial charge in [-0.05, 0) is 24.6 Å². The van der Waals surface area contributed by atoms with E-state index in [-0.39, 0.29) is 18.3 Å². The average Bonchev–Trinajstić information content (AvgIpc) is 2.76. The molecular weight excluding hydrogens is 289 g/mol. The highest BCUT2D eigenvalue weighted by Gasteiger charge is 2.36. The van der Waals surface area contributed by atoms with Gasteiger partial charge in [0.2, 0.25) is 5.91 Å². The molecule has 1 amide bonds. The average molecular weight is 302 g/mol. The van der Waals surface area contributed by atoms with Gasteiger partial charge in [-0.1, -0.05) is 23.2 Å². The van der Waals surface area contributed by atoms with Crippen molar-refractivity contribution >= 4 is 40.8 Å². The Balaban J connectivity index is 2.28. The fraction of sp³-hybridized carbons (Fsp3) is 0.385. The van der Waals surface area contributed by atoms with Crippen LogP contribution in [0.2, 0.25) is 10.0 Å². The van der Waals surface area contributed by atoms with Gasteiger partial charge >= 0.3 is 5.97 Å². The van der Waals surface area contributed by atoms with E-state index in [2.05, 4.69) is 4.74 Å². The molecule has 2 rings (SSSR count). The van der Waals surface area contributed by atoms with Crippen LogP contribution in [0.15, 0.2) is 12.1 Å². The maximum Gasteiger partial charge on any atom is 0.311 e. The summed E-state index contributed by atoms with van der Waals surface area (Å²) >= 11 is 12.1. The Hall–Kier alpha value is -1.26. The summed E-state index contributed by atoms with van der Waals surface area (Å²) in [5.74, 6) is -0.942. The number of carbonyl (C=O) groups excluding carboxylic acids is 2. The number of amides is 1. The molecule has 1 aromatic rings. The van der Waals surface area contributed by atoms with E-state index < -0.39 is 5.92 Å². The molecule has 102 valence electrons. The van der Waals surface area contributed by atoms with Crippen LogP contribution in [0.4, 0.5) is 5.69 Å². The lowest BCUT2D eigenvalue weighted by atomic mass is 10.1. The molecule has 4 nitrogen and oxygen atoms in total. The second-order valence-electron chi connectivity index (χ2n) is 4.46. The molecule has 1 heterocycles. The molecule has 1 saturated heterocycles. The van der Waals surface area contributed by atoms with Gasteiger partial charge in [-0.15, -0.1) is 0 Å². The van der Waals surface area contributed by atoms with Gasteiger partial charge < -0.3 is 9.64 Å². The van der Waals surface area contributed by atoms with Gasteiger partial charge in [-0.3, -0.25) is 9.59 Å². The first-order valence-corrected chi connectivity index (χ1v) is 6.53. The van der Waals surface area contributed by atoms with E-state index in [0.717, 1.165) is 5.56 Å². The molecule has 0 saturated carbocycles. The molecule has 19 heavy (non-hydrogen) atoms. The third-order valence-electron chi connectivity index (χ3n) is 3.24. The van der Waals surface area contributed by atoms with Gasteiger partial charge in [0, 0.05) is 28.7 Å². The zero-order valence-electron chi connectivity index (χ0n) is 10.6. The first-order chi connectivity index (χ1) is 8.93. The van der Waals surface area contributed by atoms with Crippen molar-refractivity contribution in [3.63, 3.8) is 0 Å². The molecule has 0 N–H and O–H groups in total. The molecule has 1 aliphatic rings. The van der Waals surface area contributed by atoms with E-state index in [1.165, 1.54) is 12.0 Å². The van der Waals surface area contributed by atoms with Gasteiger partial charge in [-0.25, -0.2) is 0 Å². The molecule has 0 radical (unpaired) electrons. The summed E-state index contributed by atoms with van der Waals surface area (Å²) in [5, 5.41) is 0.994. The van der Waals surface area contributed by atoms with Crippen LogP contribution < -0.4 is 4.90 Å². The SMILES string of the molecule is COC(=O)C1CC(=O)N(c2cc(Cl)c(C)c(Cl)c2)C1. The number of anilines is 1. The zero-order chi connectivity index (χ0) is 14.2. The molecule has 0 spiro atoms. The Labute approximate surface area is 121 Å². The van der Waals surface area contributed by atoms with Crippen LogP contribution >= 0.6 is 23.2 Å². The molecule has 1 aromatic carbocycles. The Bertz CT molecular complexity index is 522. The van der Waals surface area contributed by atoms with Crippen LogP contribution in [-0.4, -0.2) is 25.5 Å². The zero-order valence-corrected chi connectivity index (χ0v) is 12.1. The summed E-state index contributed by atoms with van der Waals surface area (Å²) in [6.07, 6.45) is 0.149. The highest BCUT2D eigenvalue weighted by Crippen LogP contribution is 2.33. The Morgan fingerprint density at radius 2 is 1.95 bits per heavy atom. The van der Waals surface area contributed by atoms with E-state index in [0.29, 0.717) is 22.3 Å². The van der Waals surface area contributed by atoms with E-state index >= 15 is 0 Å². The number of nitrogens with zero attached hydrogens (tertiary/aromatic N) is 1. The molecule has 0 aliphatic carbocycles. The third-order valence-corrected chi connectivity index (χ3v) is 4.02. The number of carbonyl (C=O) groups is 2. The first-order valence-electron chi connectivity index (χ1n) is 5.78. The van der Waals surface area contributed by atoms with Crippen LogP contribution in [0.3, 0.4) is 0 Å². The molecule has 1 aliphatic heterocycles. The van der Waals surface area contributed by atoms with Crippen LogP contribution in [0.1, 0.15) is 12.0 Å². The molecule has 0 bridgehead atoms. The van der Waals surface area contributed by atoms with Gasteiger partial charge in [0.15, 0.2) is 0 Å². The van der Waals surface area contributed by atoms with Crippen LogP contribution in [-0.2, 0) is 14.3 Å². The minimum absolute atomic E-state index is 0.133. The standard InChI is InChI=1S/C13H13Cl2NO3/c1-7-10(14)4-9(5-11(7)15)16-6-8(3-12(16)17)13(18)19-2/h4-5,8H,3,6H2,1-2H3. The lowest BCUT2D eigenvalue weighted by Gasteiger charge is -2.18. The van der Waals surface area contributed by atoms with E-state index in [1.54, 1.807) is 19.1 Å². The molecule has 1 unspecified atom stereocenters. The van der Waals surface area contributed by atoms with Crippen LogP contribution in [0, 0.1) is 12.8 Å². The predicted octanol–water partition coefficient (Wildman–Crippen LogP) is 2.83. The minimum Gasteiger partial charge on any atom is -0.469 e. The predicted molar refractivity (Wildman–Crippen MR) is 73.7 cm³/mol. The smallest absolute Gasteiger partial charge is 0.311 e. The molecule has 0 aromatic heterocycles. The lowest BCUT2D eigenvalue weighted by molar-refractivity contribution is -0.145. The van der Waals surface area contributed by atoms with Crippen molar-refractivity contribution in [2.24, 2.45) is 5.92 Å². The second kappa shape index (κ2) is 5.39. The van der Waals surface area contributed by atoms with E-state index in [4.69, 9.17) is 23.2 Å². The summed E-state index contributed by atoms with van der Waals surface area (Å²) in [6.45, 7) is 2.10. The number of esters is 1. The fourth-order valence-electron chi connectivity index (χ4n) is 2.07. The monoisotopic (exact) mass is 301 g/mol. The Morgan fingerprint density at radius 1 is 1.37 bits per heavy atom. The number of ether oxygens (including phenoxy) is 1. The van der Waals surface area contributed by atoms with Crippen molar-refractivity contribution in [3.8, 4) is 0 Å². The summed E-state index contributed by atoms with van der Waals surface area (Å²) in [5.41, 5.74) is 1.38. The number of halogens is 2. The summed E-state index contributed by atoms with van der Waals surface area (Å²) in [7, 11) is 1.31. The van der Waals surface area contributed by atoms with Gasteiger partial charge in [0.1, 0.15) is 0 Å². The topological polar surface area (TPSA) is 46.6 Å². The van der Waals surface area contributed by atoms with Gasteiger partial charge in [-0.2, -0.15) is 0 Å². The van der Waals surface area contributed by atoms with Gasteiger partial charge in [0.05, 0.1) is 13.0 Å². The normalized spacial score (nSPS) is 18.8. The Morgan fingerprint density at radius 3 is 2.47 bits per heavy atom. The maximum absolute atomic E-state index is 11.9. The molecule has 1 atom stereocenters. The highest BCUT2D eigenvalue weighted by atomic mass is 35.5. The van der Waals surface area contributed by atoms with E-state index in [9.17, 15) is 9.59 Å². The van der Waals surface area contributed by atoms with Crippen molar-refractivity contribution in [2.75, 3.05) is 18.6 Å². The Kier molecular flexibility index (Phi) is 4.02. The number of benzene rings is 1. The van der Waals surface area contributed by atoms with E-state index in [1.807, 2.05) is 0 Å². The maximum atomic E-state index is 11.9. The number of rotatable bonds is 2. The lowest BCUT2D eigenvalue weighted by Crippen LogP contribution is -2.26. The number of methoxy groups -OCH3 is 1. The third kappa shape index (κ3) is 2.69. The summed E-state index contributed by atoms with van der Waals surface area (Å²) in [6, 6.07) is 3.36. The summed E-state index contributed by atoms with van der Waals surface area (Å²) in [4.78, 5) is 24.9. The molecule has 1 fully saturated rings. The van der Waals surface area contributed by atoms with Crippen molar-refractivity contribution in [2.45, 2.75) is 13.3 Å². The molecule has 6 heteroatoms. The second-order valence-corrected chi connectivity index (χ2v) is 5.28. The largest absolute Gasteiger partial charge is 0.469 e. The van der Waals surface area contributed by atoms with Crippen molar-refractivity contribution < 1.29 is 14.3 Å². The quantitative estimate of drug-likeness (QED) is 0.789. The fourth-order valence-corrected chi connectivity index (χ4v) is 2.54. The summed E-state index contributed by atoms with van der Waals surface area (Å²) < 4.78 is 4.66. The van der Waals surface area contributed by atoms with Crippen molar-refractivity contribution in [3.05, 3.63) is 27.7 Å².